The molecule has 2 nitrogen and oxygen atoms in total. The van der Waals surface area contributed by atoms with Crippen LogP contribution in [0.5, 0.6) is 0 Å². The summed E-state index contributed by atoms with van der Waals surface area (Å²) in [6, 6.07) is 7.86. The van der Waals surface area contributed by atoms with Crippen molar-refractivity contribution in [2.45, 2.75) is 26.4 Å². The van der Waals surface area contributed by atoms with Crippen molar-refractivity contribution in [2.24, 2.45) is 0 Å². The lowest BCUT2D eigenvalue weighted by molar-refractivity contribution is 0.0800. The van der Waals surface area contributed by atoms with Crippen molar-refractivity contribution in [2.75, 3.05) is 0 Å². The van der Waals surface area contributed by atoms with Gasteiger partial charge in [-0.25, -0.2) is 0 Å². The Morgan fingerprint density at radius 2 is 1.94 bits per heavy atom. The molecule has 0 radical (unpaired) electrons. The number of aryl methyl sites for hydroxylation is 1. The van der Waals surface area contributed by atoms with E-state index in [2.05, 4.69) is 20.9 Å². The van der Waals surface area contributed by atoms with Crippen LogP contribution in [0.1, 0.15) is 25.1 Å². The summed E-state index contributed by atoms with van der Waals surface area (Å²) in [5.74, 6) is 0. The molecule has 0 aliphatic carbocycles. The number of fused-ring (bicyclic) bond motifs is 1. The van der Waals surface area contributed by atoms with Crippen LogP contribution in [0.15, 0.2) is 28.7 Å². The highest BCUT2D eigenvalue weighted by molar-refractivity contribution is 9.10. The van der Waals surface area contributed by atoms with Gasteiger partial charge in [-0.15, -0.1) is 0 Å². The van der Waals surface area contributed by atoms with Crippen molar-refractivity contribution < 1.29 is 5.11 Å². The van der Waals surface area contributed by atoms with Crippen LogP contribution < -0.4 is 0 Å². The zero-order valence-corrected chi connectivity index (χ0v) is 11.2. The molecule has 0 amide bonds. The molecule has 1 aromatic heterocycles. The predicted molar refractivity (Wildman–Crippen MR) is 69.4 cm³/mol. The van der Waals surface area contributed by atoms with Crippen molar-refractivity contribution in [3.8, 4) is 0 Å². The zero-order valence-electron chi connectivity index (χ0n) is 9.58. The lowest BCUT2D eigenvalue weighted by Gasteiger charge is -2.20. The van der Waals surface area contributed by atoms with Crippen LogP contribution in [-0.2, 0) is 5.60 Å². The molecule has 1 heterocycles. The van der Waals surface area contributed by atoms with E-state index < -0.39 is 5.60 Å². The van der Waals surface area contributed by atoms with Crippen molar-refractivity contribution in [3.05, 3.63) is 40.0 Å². The number of hydrogen-bond donors (Lipinski definition) is 1. The van der Waals surface area contributed by atoms with Gasteiger partial charge in [-0.1, -0.05) is 15.9 Å². The normalized spacial score (nSPS) is 12.1. The summed E-state index contributed by atoms with van der Waals surface area (Å²) in [7, 11) is 0. The minimum atomic E-state index is -0.854. The number of benzene rings is 1. The lowest BCUT2D eigenvalue weighted by atomic mass is 9.94. The van der Waals surface area contributed by atoms with E-state index in [4.69, 9.17) is 0 Å². The van der Waals surface area contributed by atoms with E-state index in [9.17, 15) is 5.11 Å². The highest BCUT2D eigenvalue weighted by Crippen LogP contribution is 2.30. The fraction of sp³-hybridized carbons (Fsp3) is 0.308. The summed E-state index contributed by atoms with van der Waals surface area (Å²) in [6.45, 7) is 5.53. The summed E-state index contributed by atoms with van der Waals surface area (Å²) in [5, 5.41) is 11.2. The lowest BCUT2D eigenvalue weighted by Crippen LogP contribution is -2.16. The minimum absolute atomic E-state index is 0.854. The Balaban J connectivity index is 2.85. The third-order valence-corrected chi connectivity index (χ3v) is 3.05. The molecule has 1 aromatic carbocycles. The van der Waals surface area contributed by atoms with E-state index in [1.165, 1.54) is 0 Å². The Morgan fingerprint density at radius 3 is 2.56 bits per heavy atom. The molecule has 0 saturated heterocycles. The first kappa shape index (κ1) is 11.6. The largest absolute Gasteiger partial charge is 0.386 e. The van der Waals surface area contributed by atoms with Crippen molar-refractivity contribution in [1.82, 2.24) is 4.98 Å². The fourth-order valence-electron chi connectivity index (χ4n) is 1.84. The van der Waals surface area contributed by atoms with E-state index in [0.29, 0.717) is 0 Å². The number of rotatable bonds is 1. The van der Waals surface area contributed by atoms with Crippen LogP contribution in [-0.4, -0.2) is 10.1 Å². The Kier molecular flexibility index (Phi) is 2.76. The summed E-state index contributed by atoms with van der Waals surface area (Å²) in [5.41, 5.74) is 1.90. The van der Waals surface area contributed by atoms with E-state index in [0.717, 1.165) is 26.6 Å². The first-order chi connectivity index (χ1) is 7.38. The number of aliphatic hydroxyl groups is 1. The predicted octanol–water partition coefficient (Wildman–Crippen LogP) is 3.53. The number of nitrogens with zero attached hydrogens (tertiary/aromatic N) is 1. The van der Waals surface area contributed by atoms with Crippen LogP contribution in [0.2, 0.25) is 0 Å². The summed E-state index contributed by atoms with van der Waals surface area (Å²) >= 11 is 3.44. The molecule has 0 fully saturated rings. The zero-order chi connectivity index (χ0) is 11.9. The maximum absolute atomic E-state index is 10.2. The first-order valence-corrected chi connectivity index (χ1v) is 5.97. The minimum Gasteiger partial charge on any atom is -0.386 e. The topological polar surface area (TPSA) is 33.1 Å². The van der Waals surface area contributed by atoms with Gasteiger partial charge in [0.2, 0.25) is 0 Å². The average molecular weight is 280 g/mol. The number of hydrogen-bond acceptors (Lipinski definition) is 2. The quantitative estimate of drug-likeness (QED) is 0.866. The summed E-state index contributed by atoms with van der Waals surface area (Å²) in [4.78, 5) is 4.46. The summed E-state index contributed by atoms with van der Waals surface area (Å²) < 4.78 is 0.996. The molecule has 0 spiro atoms. The van der Waals surface area contributed by atoms with Gasteiger partial charge in [0, 0.05) is 15.6 Å². The molecule has 2 aromatic rings. The maximum atomic E-state index is 10.2. The van der Waals surface area contributed by atoms with Crippen LogP contribution in [0.25, 0.3) is 10.9 Å². The van der Waals surface area contributed by atoms with Crippen LogP contribution in [0.4, 0.5) is 0 Å². The summed E-state index contributed by atoms with van der Waals surface area (Å²) in [6.07, 6.45) is 0. The molecule has 16 heavy (non-hydrogen) atoms. The van der Waals surface area contributed by atoms with Gasteiger partial charge in [0.05, 0.1) is 11.1 Å². The van der Waals surface area contributed by atoms with E-state index in [1.54, 1.807) is 13.8 Å². The molecule has 0 aliphatic heterocycles. The molecule has 1 N–H and O–H groups in total. The van der Waals surface area contributed by atoms with Crippen LogP contribution in [0.3, 0.4) is 0 Å². The standard InChI is InChI=1S/C13H14BrNO/c1-8-6-11(13(2,3)16)10-7-9(14)4-5-12(10)15-8/h4-7,16H,1-3H3. The Morgan fingerprint density at radius 1 is 1.25 bits per heavy atom. The SMILES string of the molecule is Cc1cc(C(C)(C)O)c2cc(Br)ccc2n1. The molecule has 3 heteroatoms. The van der Waals surface area contributed by atoms with Gasteiger partial charge in [0.25, 0.3) is 0 Å². The highest BCUT2D eigenvalue weighted by atomic mass is 79.9. The second-order valence-electron chi connectivity index (χ2n) is 4.53. The number of aromatic nitrogens is 1. The molecule has 0 aliphatic rings. The first-order valence-electron chi connectivity index (χ1n) is 5.18. The van der Waals surface area contributed by atoms with Crippen molar-refractivity contribution >= 4 is 26.8 Å². The second kappa shape index (κ2) is 3.82. The third kappa shape index (κ3) is 2.11. The second-order valence-corrected chi connectivity index (χ2v) is 5.45. The van der Waals surface area contributed by atoms with Crippen molar-refractivity contribution in [1.29, 1.82) is 0 Å². The maximum Gasteiger partial charge on any atom is 0.0847 e. The number of halogens is 1. The Bertz CT molecular complexity index is 543. The van der Waals surface area contributed by atoms with Gasteiger partial charge in [-0.05, 0) is 50.6 Å². The van der Waals surface area contributed by atoms with Gasteiger partial charge in [0.15, 0.2) is 0 Å². The van der Waals surface area contributed by atoms with Gasteiger partial charge < -0.3 is 5.11 Å². The van der Waals surface area contributed by atoms with Crippen molar-refractivity contribution in [3.63, 3.8) is 0 Å². The van der Waals surface area contributed by atoms with Gasteiger partial charge in [0.1, 0.15) is 0 Å². The van der Waals surface area contributed by atoms with E-state index in [-0.39, 0.29) is 0 Å². The smallest absolute Gasteiger partial charge is 0.0847 e. The van der Waals surface area contributed by atoms with Gasteiger partial charge in [-0.2, -0.15) is 0 Å². The molecule has 0 atom stereocenters. The van der Waals surface area contributed by atoms with E-state index in [1.807, 2.05) is 31.2 Å². The third-order valence-electron chi connectivity index (χ3n) is 2.56. The molecule has 84 valence electrons. The van der Waals surface area contributed by atoms with E-state index >= 15 is 0 Å². The van der Waals surface area contributed by atoms with Crippen LogP contribution >= 0.6 is 15.9 Å². The molecule has 2 rings (SSSR count). The Labute approximate surface area is 103 Å². The highest BCUT2D eigenvalue weighted by Gasteiger charge is 2.19. The fourth-order valence-corrected chi connectivity index (χ4v) is 2.20. The monoisotopic (exact) mass is 279 g/mol. The van der Waals surface area contributed by atoms with Gasteiger partial charge >= 0.3 is 0 Å². The molecular formula is C13H14BrNO. The molecule has 0 unspecified atom stereocenters. The number of pyridine rings is 1. The molecular weight excluding hydrogens is 266 g/mol. The Hall–Kier alpha value is -0.930. The van der Waals surface area contributed by atoms with Gasteiger partial charge in [-0.3, -0.25) is 4.98 Å². The average Bonchev–Trinajstić information content (AvgIpc) is 2.16. The molecule has 0 saturated carbocycles. The van der Waals surface area contributed by atoms with Crippen LogP contribution in [0, 0.1) is 6.92 Å². The molecule has 0 bridgehead atoms.